The Morgan fingerprint density at radius 3 is 1.45 bits per heavy atom. The largest absolute Gasteiger partial charge is 1.00 e. The Morgan fingerprint density at radius 2 is 1.27 bits per heavy atom. The summed E-state index contributed by atoms with van der Waals surface area (Å²) in [5.74, 6) is 3.54. The SMILES string of the molecule is CC[C-]1CC[C-](CC)C1.[Rb+].[Rb+]. The Bertz CT molecular complexity index is 73.6. The molecule has 0 unspecified atom stereocenters. The van der Waals surface area contributed by atoms with E-state index in [4.69, 9.17) is 0 Å². The van der Waals surface area contributed by atoms with Crippen molar-refractivity contribution in [2.45, 2.75) is 46.0 Å². The van der Waals surface area contributed by atoms with Gasteiger partial charge in [0.05, 0.1) is 0 Å². The summed E-state index contributed by atoms with van der Waals surface area (Å²) >= 11 is 0. The van der Waals surface area contributed by atoms with Crippen LogP contribution in [0.2, 0.25) is 0 Å². The molecule has 1 aliphatic rings. The minimum atomic E-state index is 0. The normalized spacial score (nSPS) is 19.1. The molecule has 1 fully saturated rings. The van der Waals surface area contributed by atoms with Gasteiger partial charge in [-0.1, -0.05) is 13.8 Å². The smallest absolute Gasteiger partial charge is 0.345 e. The van der Waals surface area contributed by atoms with Crippen LogP contribution in [0, 0.1) is 11.8 Å². The van der Waals surface area contributed by atoms with Gasteiger partial charge < -0.3 is 18.3 Å². The van der Waals surface area contributed by atoms with Gasteiger partial charge in [0, 0.05) is 0 Å². The van der Waals surface area contributed by atoms with E-state index in [9.17, 15) is 0 Å². The Hall–Kier alpha value is 3.61. The van der Waals surface area contributed by atoms with Crippen molar-refractivity contribution in [3.8, 4) is 0 Å². The number of hydrogen-bond acceptors (Lipinski definition) is 0. The van der Waals surface area contributed by atoms with Gasteiger partial charge >= 0.3 is 116 Å². The monoisotopic (exact) mass is 294 g/mol. The summed E-state index contributed by atoms with van der Waals surface area (Å²) in [6, 6.07) is 0. The predicted octanol–water partition coefficient (Wildman–Crippen LogP) is -2.85. The molecular formula is C9H16Rb2. The second kappa shape index (κ2) is 10.1. The first-order chi connectivity index (χ1) is 4.36. The fraction of sp³-hybridized carbons (Fsp3) is 0.778. The van der Waals surface area contributed by atoms with Crippen LogP contribution in [0.5, 0.6) is 0 Å². The van der Waals surface area contributed by atoms with Gasteiger partial charge in [0.2, 0.25) is 0 Å². The van der Waals surface area contributed by atoms with Crippen molar-refractivity contribution in [1.82, 2.24) is 0 Å². The minimum Gasteiger partial charge on any atom is -0.345 e. The van der Waals surface area contributed by atoms with E-state index in [1.807, 2.05) is 0 Å². The first-order valence-corrected chi connectivity index (χ1v) is 4.04. The van der Waals surface area contributed by atoms with Crippen molar-refractivity contribution < 1.29 is 116 Å². The first kappa shape index (κ1) is 17.0. The van der Waals surface area contributed by atoms with Crippen LogP contribution < -0.4 is 116 Å². The summed E-state index contributed by atoms with van der Waals surface area (Å²) in [6.45, 7) is 4.54. The van der Waals surface area contributed by atoms with Crippen molar-refractivity contribution in [3.05, 3.63) is 11.8 Å². The van der Waals surface area contributed by atoms with Gasteiger partial charge in [0.25, 0.3) is 0 Å². The molecular weight excluding hydrogens is 279 g/mol. The van der Waals surface area contributed by atoms with Crippen molar-refractivity contribution in [2.24, 2.45) is 0 Å². The molecule has 0 nitrogen and oxygen atoms in total. The van der Waals surface area contributed by atoms with E-state index in [-0.39, 0.29) is 116 Å². The summed E-state index contributed by atoms with van der Waals surface area (Å²) in [7, 11) is 0. The Kier molecular flexibility index (Phi) is 15.7. The van der Waals surface area contributed by atoms with Crippen LogP contribution in [0.15, 0.2) is 0 Å². The topological polar surface area (TPSA) is 0 Å². The van der Waals surface area contributed by atoms with Crippen molar-refractivity contribution in [2.75, 3.05) is 0 Å². The van der Waals surface area contributed by atoms with Gasteiger partial charge in [0.15, 0.2) is 0 Å². The third-order valence-electron chi connectivity index (χ3n) is 2.33. The van der Waals surface area contributed by atoms with E-state index >= 15 is 0 Å². The molecule has 1 aliphatic carbocycles. The van der Waals surface area contributed by atoms with E-state index in [1.54, 1.807) is 11.8 Å². The van der Waals surface area contributed by atoms with Gasteiger partial charge in [-0.3, -0.25) is 0 Å². The van der Waals surface area contributed by atoms with E-state index < -0.39 is 0 Å². The van der Waals surface area contributed by atoms with Crippen LogP contribution >= 0.6 is 0 Å². The molecule has 1 saturated carbocycles. The van der Waals surface area contributed by atoms with Crippen LogP contribution in [-0.2, 0) is 0 Å². The zero-order chi connectivity index (χ0) is 6.69. The summed E-state index contributed by atoms with van der Waals surface area (Å²) < 4.78 is 0. The standard InChI is InChI=1S/C9H16.2Rb/c1-3-8-5-6-9(4-2)7-8;;/h3-7H2,1-2H3;;/q-2;2*+1. The zero-order valence-electron chi connectivity index (χ0n) is 8.54. The average Bonchev–Trinajstić information content (AvgIpc) is 2.34. The van der Waals surface area contributed by atoms with Gasteiger partial charge in [0.1, 0.15) is 0 Å². The molecule has 0 atom stereocenters. The van der Waals surface area contributed by atoms with E-state index in [0.29, 0.717) is 0 Å². The van der Waals surface area contributed by atoms with Crippen LogP contribution in [0.25, 0.3) is 0 Å². The van der Waals surface area contributed by atoms with E-state index in [1.165, 1.54) is 32.1 Å². The van der Waals surface area contributed by atoms with Crippen LogP contribution in [0.4, 0.5) is 0 Å². The van der Waals surface area contributed by atoms with Gasteiger partial charge in [-0.25, -0.2) is 12.8 Å². The summed E-state index contributed by atoms with van der Waals surface area (Å²) in [6.07, 6.45) is 6.75. The molecule has 2 heteroatoms. The molecule has 0 saturated heterocycles. The molecule has 0 heterocycles. The van der Waals surface area contributed by atoms with Crippen LogP contribution in [0.3, 0.4) is 0 Å². The average molecular weight is 295 g/mol. The fourth-order valence-corrected chi connectivity index (χ4v) is 1.49. The molecule has 0 radical (unpaired) electrons. The second-order valence-corrected chi connectivity index (χ2v) is 2.88. The van der Waals surface area contributed by atoms with Gasteiger partial charge in [-0.15, -0.1) is 0 Å². The molecule has 0 N–H and O–H groups in total. The molecule has 0 aromatic heterocycles. The van der Waals surface area contributed by atoms with Crippen LogP contribution in [0.1, 0.15) is 46.0 Å². The van der Waals surface area contributed by atoms with Crippen molar-refractivity contribution in [1.29, 1.82) is 0 Å². The molecule has 11 heavy (non-hydrogen) atoms. The van der Waals surface area contributed by atoms with Crippen LogP contribution in [-0.4, -0.2) is 0 Å². The third kappa shape index (κ3) is 6.65. The molecule has 54 valence electrons. The molecule has 0 spiro atoms. The molecule has 0 aliphatic heterocycles. The van der Waals surface area contributed by atoms with Crippen molar-refractivity contribution >= 4 is 0 Å². The summed E-state index contributed by atoms with van der Waals surface area (Å²) in [5, 5.41) is 0. The van der Waals surface area contributed by atoms with Gasteiger partial charge in [-0.05, 0) is 0 Å². The fourth-order valence-electron chi connectivity index (χ4n) is 1.49. The minimum absolute atomic E-state index is 0. The number of rotatable bonds is 2. The summed E-state index contributed by atoms with van der Waals surface area (Å²) in [4.78, 5) is 0. The predicted molar refractivity (Wildman–Crippen MR) is 40.9 cm³/mol. The Balaban J connectivity index is 0. The maximum atomic E-state index is 2.27. The first-order valence-electron chi connectivity index (χ1n) is 4.04. The van der Waals surface area contributed by atoms with Crippen molar-refractivity contribution in [3.63, 3.8) is 0 Å². The molecule has 0 amide bonds. The maximum Gasteiger partial charge on any atom is 1.00 e. The Morgan fingerprint density at radius 1 is 0.909 bits per heavy atom. The summed E-state index contributed by atoms with van der Waals surface area (Å²) in [5.41, 5.74) is 0. The molecule has 0 bridgehead atoms. The number of hydrogen-bond donors (Lipinski definition) is 0. The molecule has 1 rings (SSSR count). The zero-order valence-corrected chi connectivity index (χ0v) is 18.4. The van der Waals surface area contributed by atoms with Gasteiger partial charge in [-0.2, -0.15) is 12.8 Å². The Labute approximate surface area is 169 Å². The van der Waals surface area contributed by atoms with E-state index in [2.05, 4.69) is 13.8 Å². The molecule has 0 aromatic rings. The quantitative estimate of drug-likeness (QED) is 0.481. The van der Waals surface area contributed by atoms with E-state index in [0.717, 1.165) is 0 Å². The second-order valence-electron chi connectivity index (χ2n) is 2.88. The maximum absolute atomic E-state index is 2.27. The third-order valence-corrected chi connectivity index (χ3v) is 2.33. The molecule has 0 aromatic carbocycles.